The van der Waals surface area contributed by atoms with Crippen molar-refractivity contribution < 1.29 is 13.7 Å². The first-order valence-electron chi connectivity index (χ1n) is 8.40. The van der Waals surface area contributed by atoms with Crippen molar-refractivity contribution in [2.75, 3.05) is 5.32 Å². The highest BCUT2D eigenvalue weighted by molar-refractivity contribution is 7.19. The number of carbonyl (C=O) groups excluding carboxylic acids is 1. The molecule has 2 heterocycles. The minimum atomic E-state index is -0.325. The highest BCUT2D eigenvalue weighted by Crippen LogP contribution is 2.33. The summed E-state index contributed by atoms with van der Waals surface area (Å²) in [6, 6.07) is 5.86. The van der Waals surface area contributed by atoms with Gasteiger partial charge in [-0.1, -0.05) is 30.3 Å². The predicted molar refractivity (Wildman–Crippen MR) is 98.2 cm³/mol. The second kappa shape index (κ2) is 7.74. The van der Waals surface area contributed by atoms with E-state index in [4.69, 9.17) is 4.52 Å². The molecule has 6 nitrogen and oxygen atoms in total. The molecular weight excluding hydrogens is 355 g/mol. The van der Waals surface area contributed by atoms with Gasteiger partial charge in [0.05, 0.1) is 5.69 Å². The van der Waals surface area contributed by atoms with Gasteiger partial charge in [-0.05, 0) is 44.0 Å². The van der Waals surface area contributed by atoms with Crippen LogP contribution in [0.5, 0.6) is 0 Å². The monoisotopic (exact) mass is 374 g/mol. The molecule has 3 aromatic rings. The minimum absolute atomic E-state index is 0.0314. The van der Waals surface area contributed by atoms with Crippen LogP contribution in [0.1, 0.15) is 32.4 Å². The van der Waals surface area contributed by atoms with Crippen LogP contribution in [-0.4, -0.2) is 21.0 Å². The zero-order chi connectivity index (χ0) is 18.7. The van der Waals surface area contributed by atoms with E-state index in [1.54, 1.807) is 12.1 Å². The van der Waals surface area contributed by atoms with Crippen molar-refractivity contribution in [3.63, 3.8) is 0 Å². The molecule has 1 amide bonds. The minimum Gasteiger partial charge on any atom is -0.333 e. The second-order valence-electron chi connectivity index (χ2n) is 5.87. The first-order chi connectivity index (χ1) is 12.5. The van der Waals surface area contributed by atoms with Crippen LogP contribution in [0.25, 0.3) is 22.2 Å². The molecule has 1 N–H and O–H groups in total. The molecule has 0 saturated carbocycles. The highest BCUT2D eigenvalue weighted by atomic mass is 32.1. The molecule has 26 heavy (non-hydrogen) atoms. The SMILES string of the molecule is CCC(CC)C(=O)Nc1nc(C)c(-c2nc(-c3ccc(F)cc3)no2)s1. The summed E-state index contributed by atoms with van der Waals surface area (Å²) in [5.41, 5.74) is 1.36. The van der Waals surface area contributed by atoms with Crippen LogP contribution in [0.15, 0.2) is 28.8 Å². The molecule has 0 bridgehead atoms. The highest BCUT2D eigenvalue weighted by Gasteiger charge is 2.20. The van der Waals surface area contributed by atoms with Gasteiger partial charge in [-0.25, -0.2) is 9.37 Å². The Bertz CT molecular complexity index is 900. The van der Waals surface area contributed by atoms with E-state index < -0.39 is 0 Å². The Morgan fingerprint density at radius 2 is 1.92 bits per heavy atom. The third-order valence-electron chi connectivity index (χ3n) is 4.11. The molecule has 0 atom stereocenters. The van der Waals surface area contributed by atoms with Crippen LogP contribution in [-0.2, 0) is 4.79 Å². The molecule has 0 spiro atoms. The van der Waals surface area contributed by atoms with Crippen LogP contribution >= 0.6 is 11.3 Å². The van der Waals surface area contributed by atoms with Gasteiger partial charge in [-0.2, -0.15) is 4.98 Å². The van der Waals surface area contributed by atoms with E-state index in [0.717, 1.165) is 12.8 Å². The van der Waals surface area contributed by atoms with Crippen LogP contribution < -0.4 is 5.32 Å². The van der Waals surface area contributed by atoms with Gasteiger partial charge in [0, 0.05) is 11.5 Å². The van der Waals surface area contributed by atoms with Crippen LogP contribution in [0.3, 0.4) is 0 Å². The molecule has 0 saturated heterocycles. The largest absolute Gasteiger partial charge is 0.333 e. The van der Waals surface area contributed by atoms with Crippen molar-refractivity contribution in [2.45, 2.75) is 33.6 Å². The Morgan fingerprint density at radius 1 is 1.23 bits per heavy atom. The molecule has 0 fully saturated rings. The number of halogens is 1. The molecule has 0 aliphatic heterocycles. The topological polar surface area (TPSA) is 80.9 Å². The normalized spacial score (nSPS) is 11.1. The zero-order valence-corrected chi connectivity index (χ0v) is 15.6. The van der Waals surface area contributed by atoms with E-state index in [2.05, 4.69) is 20.4 Å². The number of nitrogens with one attached hydrogen (secondary N) is 1. The molecule has 1 aromatic carbocycles. The van der Waals surface area contributed by atoms with Gasteiger partial charge in [0.1, 0.15) is 10.7 Å². The molecule has 0 radical (unpaired) electrons. The lowest BCUT2D eigenvalue weighted by Crippen LogP contribution is -2.21. The van der Waals surface area contributed by atoms with Crippen LogP contribution in [0.2, 0.25) is 0 Å². The number of rotatable bonds is 6. The van der Waals surface area contributed by atoms with Crippen molar-refractivity contribution in [1.29, 1.82) is 0 Å². The first kappa shape index (κ1) is 18.2. The van der Waals surface area contributed by atoms with Crippen molar-refractivity contribution in [1.82, 2.24) is 15.1 Å². The van der Waals surface area contributed by atoms with E-state index in [0.29, 0.717) is 33.0 Å². The molecule has 0 unspecified atom stereocenters. The smallest absolute Gasteiger partial charge is 0.270 e. The number of thiazole rings is 1. The number of hydrogen-bond donors (Lipinski definition) is 1. The van der Waals surface area contributed by atoms with Gasteiger partial charge < -0.3 is 9.84 Å². The maximum Gasteiger partial charge on any atom is 0.270 e. The van der Waals surface area contributed by atoms with Crippen molar-refractivity contribution in [2.24, 2.45) is 5.92 Å². The Labute approximate surface area is 154 Å². The number of nitrogens with zero attached hydrogens (tertiary/aromatic N) is 3. The quantitative estimate of drug-likeness (QED) is 0.677. The van der Waals surface area contributed by atoms with Gasteiger partial charge >= 0.3 is 0 Å². The van der Waals surface area contributed by atoms with E-state index in [1.165, 1.54) is 23.5 Å². The van der Waals surface area contributed by atoms with E-state index >= 15 is 0 Å². The van der Waals surface area contributed by atoms with E-state index in [1.807, 2.05) is 20.8 Å². The van der Waals surface area contributed by atoms with Crippen LogP contribution in [0, 0.1) is 18.7 Å². The number of amides is 1. The third kappa shape index (κ3) is 3.80. The Kier molecular flexibility index (Phi) is 5.41. The molecular formula is C18H19FN4O2S. The van der Waals surface area contributed by atoms with Crippen LogP contribution in [0.4, 0.5) is 9.52 Å². The Balaban J connectivity index is 1.81. The number of benzene rings is 1. The standard InChI is InChI=1S/C18H19FN4O2S/c1-4-11(5-2)16(24)22-18-20-10(3)14(26-18)17-21-15(23-25-17)12-6-8-13(19)9-7-12/h6-9,11H,4-5H2,1-3H3,(H,20,22,24). The Hall–Kier alpha value is -2.61. The van der Waals surface area contributed by atoms with Gasteiger partial charge in [0.25, 0.3) is 5.89 Å². The fraction of sp³-hybridized carbons (Fsp3) is 0.333. The van der Waals surface area contributed by atoms with Crippen molar-refractivity contribution >= 4 is 22.4 Å². The average Bonchev–Trinajstić information content (AvgIpc) is 3.23. The summed E-state index contributed by atoms with van der Waals surface area (Å²) in [6.45, 7) is 5.80. The number of aromatic nitrogens is 3. The fourth-order valence-corrected chi connectivity index (χ4v) is 3.44. The summed E-state index contributed by atoms with van der Waals surface area (Å²) >= 11 is 1.29. The number of aryl methyl sites for hydroxylation is 1. The number of anilines is 1. The van der Waals surface area contributed by atoms with Gasteiger partial charge in [0.2, 0.25) is 11.7 Å². The summed E-state index contributed by atoms with van der Waals surface area (Å²) < 4.78 is 18.4. The number of carbonyl (C=O) groups is 1. The van der Waals surface area contributed by atoms with E-state index in [9.17, 15) is 9.18 Å². The fourth-order valence-electron chi connectivity index (χ4n) is 2.55. The zero-order valence-electron chi connectivity index (χ0n) is 14.7. The molecule has 3 rings (SSSR count). The maximum absolute atomic E-state index is 13.0. The Morgan fingerprint density at radius 3 is 2.58 bits per heavy atom. The molecule has 2 aromatic heterocycles. The second-order valence-corrected chi connectivity index (χ2v) is 6.87. The third-order valence-corrected chi connectivity index (χ3v) is 5.17. The summed E-state index contributed by atoms with van der Waals surface area (Å²) in [5, 5.41) is 7.31. The molecule has 0 aliphatic rings. The lowest BCUT2D eigenvalue weighted by molar-refractivity contribution is -0.120. The lowest BCUT2D eigenvalue weighted by Gasteiger charge is -2.10. The van der Waals surface area contributed by atoms with E-state index in [-0.39, 0.29) is 17.6 Å². The molecule has 0 aliphatic carbocycles. The van der Waals surface area contributed by atoms with Gasteiger partial charge in [-0.3, -0.25) is 4.79 Å². The molecule has 136 valence electrons. The molecule has 8 heteroatoms. The maximum atomic E-state index is 13.0. The predicted octanol–water partition coefficient (Wildman–Crippen LogP) is 4.68. The average molecular weight is 374 g/mol. The van der Waals surface area contributed by atoms with Crippen molar-refractivity contribution in [3.05, 3.63) is 35.8 Å². The first-order valence-corrected chi connectivity index (χ1v) is 9.21. The van der Waals surface area contributed by atoms with Gasteiger partial charge in [-0.15, -0.1) is 0 Å². The summed E-state index contributed by atoms with van der Waals surface area (Å²) in [7, 11) is 0. The summed E-state index contributed by atoms with van der Waals surface area (Å²) in [4.78, 5) is 21.7. The number of hydrogen-bond acceptors (Lipinski definition) is 6. The summed E-state index contributed by atoms with van der Waals surface area (Å²) in [6.07, 6.45) is 1.56. The van der Waals surface area contributed by atoms with Gasteiger partial charge in [0.15, 0.2) is 5.13 Å². The van der Waals surface area contributed by atoms with Crippen molar-refractivity contribution in [3.8, 4) is 22.2 Å². The summed E-state index contributed by atoms with van der Waals surface area (Å²) in [5.74, 6) is 0.301. The lowest BCUT2D eigenvalue weighted by atomic mass is 10.0.